The highest BCUT2D eigenvalue weighted by Crippen LogP contribution is 2.28. The molecule has 82 valence electrons. The Morgan fingerprint density at radius 1 is 1.43 bits per heavy atom. The highest BCUT2D eigenvalue weighted by atomic mass is 35.6. The molecule has 0 aromatic carbocycles. The van der Waals surface area contributed by atoms with Crippen molar-refractivity contribution >= 4 is 40.7 Å². The number of nitrogens with one attached hydrogen (secondary N) is 1. The van der Waals surface area contributed by atoms with E-state index in [1.807, 2.05) is 0 Å². The third kappa shape index (κ3) is 3.46. The third-order valence-corrected chi connectivity index (χ3v) is 2.72. The van der Waals surface area contributed by atoms with E-state index in [4.69, 9.17) is 34.8 Å². The first kappa shape index (κ1) is 12.4. The highest BCUT2D eigenvalue weighted by Gasteiger charge is 2.35. The lowest BCUT2D eigenvalue weighted by Gasteiger charge is -2.23. The second-order valence-corrected chi connectivity index (χ2v) is 5.72. The molecular weight excluding hydrogens is 246 g/mol. The van der Waals surface area contributed by atoms with Crippen LogP contribution < -0.4 is 5.32 Å². The molecule has 1 fully saturated rings. The monoisotopic (exact) mass is 258 g/mol. The Morgan fingerprint density at radius 3 is 2.64 bits per heavy atom. The average Bonchev–Trinajstić information content (AvgIpc) is 2.27. The van der Waals surface area contributed by atoms with Crippen molar-refractivity contribution in [2.45, 2.75) is 23.2 Å². The van der Waals surface area contributed by atoms with E-state index in [1.54, 1.807) is 4.90 Å². The molecule has 14 heavy (non-hydrogen) atoms. The number of hydrogen-bond acceptors (Lipinski definition) is 2. The number of amides is 1. The van der Waals surface area contributed by atoms with E-state index in [-0.39, 0.29) is 0 Å². The van der Waals surface area contributed by atoms with E-state index in [9.17, 15) is 4.79 Å². The zero-order valence-corrected chi connectivity index (χ0v) is 10.2. The number of alkyl halides is 3. The molecule has 0 aromatic heterocycles. The number of halogens is 3. The summed E-state index contributed by atoms with van der Waals surface area (Å²) in [6.45, 7) is 4.05. The van der Waals surface area contributed by atoms with E-state index >= 15 is 0 Å². The van der Waals surface area contributed by atoms with Crippen LogP contribution in [0.25, 0.3) is 0 Å². The lowest BCUT2D eigenvalue weighted by atomic mass is 10.2. The van der Waals surface area contributed by atoms with Crippen LogP contribution in [0.4, 0.5) is 0 Å². The van der Waals surface area contributed by atoms with Gasteiger partial charge in [0.2, 0.25) is 0 Å². The molecule has 0 spiro atoms. The van der Waals surface area contributed by atoms with Crippen LogP contribution in [0.5, 0.6) is 0 Å². The van der Waals surface area contributed by atoms with Crippen LogP contribution in [0.1, 0.15) is 13.3 Å². The van der Waals surface area contributed by atoms with Gasteiger partial charge >= 0.3 is 0 Å². The van der Waals surface area contributed by atoms with Gasteiger partial charge in [-0.3, -0.25) is 4.79 Å². The fraction of sp³-hybridized carbons (Fsp3) is 0.875. The Balaban J connectivity index is 2.56. The van der Waals surface area contributed by atoms with Gasteiger partial charge in [0.05, 0.1) is 0 Å². The maximum Gasteiger partial charge on any atom is 0.274 e. The summed E-state index contributed by atoms with van der Waals surface area (Å²) in [5.74, 6) is -0.432. The summed E-state index contributed by atoms with van der Waals surface area (Å²) in [4.78, 5) is 13.2. The summed E-state index contributed by atoms with van der Waals surface area (Å²) in [5, 5.41) is 3.26. The Hall–Kier alpha value is 0.300. The van der Waals surface area contributed by atoms with E-state index in [2.05, 4.69) is 12.2 Å². The van der Waals surface area contributed by atoms with Crippen LogP contribution in [0.15, 0.2) is 0 Å². The number of nitrogens with zero attached hydrogens (tertiary/aromatic N) is 1. The predicted molar refractivity (Wildman–Crippen MR) is 59.0 cm³/mol. The zero-order chi connectivity index (χ0) is 10.8. The molecule has 0 aliphatic carbocycles. The van der Waals surface area contributed by atoms with Crippen molar-refractivity contribution in [2.75, 3.05) is 19.6 Å². The van der Waals surface area contributed by atoms with Gasteiger partial charge in [0.1, 0.15) is 0 Å². The molecule has 0 radical (unpaired) electrons. The van der Waals surface area contributed by atoms with Gasteiger partial charge in [-0.05, 0) is 13.3 Å². The van der Waals surface area contributed by atoms with Gasteiger partial charge in [0.25, 0.3) is 9.70 Å². The minimum atomic E-state index is -1.83. The molecule has 1 aliphatic rings. The first-order chi connectivity index (χ1) is 6.41. The normalized spacial score (nSPS) is 24.6. The molecule has 1 atom stereocenters. The molecule has 0 aromatic rings. The van der Waals surface area contributed by atoms with Gasteiger partial charge in [0.15, 0.2) is 0 Å². The molecule has 6 heteroatoms. The summed E-state index contributed by atoms with van der Waals surface area (Å²) in [7, 11) is 0. The second kappa shape index (κ2) is 4.88. The van der Waals surface area contributed by atoms with Crippen LogP contribution in [0.2, 0.25) is 0 Å². The molecule has 0 saturated carbocycles. The number of rotatable bonds is 0. The molecular formula is C8H13Cl3N2O. The summed E-state index contributed by atoms with van der Waals surface area (Å²) in [5.41, 5.74) is 0. The van der Waals surface area contributed by atoms with E-state index in [0.717, 1.165) is 13.0 Å². The van der Waals surface area contributed by atoms with Gasteiger partial charge in [-0.25, -0.2) is 0 Å². The summed E-state index contributed by atoms with van der Waals surface area (Å²) < 4.78 is -1.83. The summed E-state index contributed by atoms with van der Waals surface area (Å²) in [6.07, 6.45) is 0.881. The van der Waals surface area contributed by atoms with Crippen molar-refractivity contribution in [3.05, 3.63) is 0 Å². The molecule has 1 aliphatic heterocycles. The van der Waals surface area contributed by atoms with Crippen molar-refractivity contribution < 1.29 is 4.79 Å². The minimum Gasteiger partial charge on any atom is -0.338 e. The van der Waals surface area contributed by atoms with Gasteiger partial charge in [0, 0.05) is 25.7 Å². The van der Waals surface area contributed by atoms with Gasteiger partial charge in [-0.1, -0.05) is 34.8 Å². The fourth-order valence-corrected chi connectivity index (χ4v) is 1.75. The predicted octanol–water partition coefficient (Wildman–Crippen LogP) is 1.57. The quantitative estimate of drug-likeness (QED) is 0.670. The van der Waals surface area contributed by atoms with E-state index in [0.29, 0.717) is 19.1 Å². The molecule has 1 N–H and O–H groups in total. The molecule has 1 unspecified atom stereocenters. The smallest absolute Gasteiger partial charge is 0.274 e. The minimum absolute atomic E-state index is 0.406. The first-order valence-electron chi connectivity index (χ1n) is 4.50. The van der Waals surface area contributed by atoms with Crippen LogP contribution in [-0.2, 0) is 4.79 Å². The Kier molecular flexibility index (Phi) is 4.31. The number of hydrogen-bond donors (Lipinski definition) is 1. The fourth-order valence-electron chi connectivity index (χ4n) is 1.39. The van der Waals surface area contributed by atoms with Crippen molar-refractivity contribution in [1.82, 2.24) is 10.2 Å². The van der Waals surface area contributed by atoms with Gasteiger partial charge in [-0.15, -0.1) is 0 Å². The molecule has 1 saturated heterocycles. The Bertz CT molecular complexity index is 217. The maximum atomic E-state index is 11.6. The van der Waals surface area contributed by atoms with Gasteiger partial charge < -0.3 is 10.2 Å². The SMILES string of the molecule is CC1CCN(C(=O)C(Cl)(Cl)Cl)CCN1. The largest absolute Gasteiger partial charge is 0.338 e. The van der Waals surface area contributed by atoms with Crippen molar-refractivity contribution in [3.8, 4) is 0 Å². The zero-order valence-electron chi connectivity index (χ0n) is 7.90. The van der Waals surface area contributed by atoms with E-state index < -0.39 is 9.70 Å². The van der Waals surface area contributed by atoms with Gasteiger partial charge in [-0.2, -0.15) is 0 Å². The molecule has 3 nitrogen and oxygen atoms in total. The number of carbonyl (C=O) groups is 1. The van der Waals surface area contributed by atoms with E-state index in [1.165, 1.54) is 0 Å². The third-order valence-electron chi connectivity index (χ3n) is 2.24. The Labute approximate surface area is 98.7 Å². The standard InChI is InChI=1S/C8H13Cl3N2O/c1-6-2-4-13(5-3-12-6)7(14)8(9,10)11/h6,12H,2-5H2,1H3. The first-order valence-corrected chi connectivity index (χ1v) is 5.64. The topological polar surface area (TPSA) is 32.3 Å². The average molecular weight is 260 g/mol. The molecule has 1 rings (SSSR count). The molecule has 0 bridgehead atoms. The second-order valence-electron chi connectivity index (χ2n) is 3.43. The summed E-state index contributed by atoms with van der Waals surface area (Å²) in [6, 6.07) is 0.406. The van der Waals surface area contributed by atoms with Crippen LogP contribution in [0, 0.1) is 0 Å². The Morgan fingerprint density at radius 2 is 2.07 bits per heavy atom. The summed E-state index contributed by atoms with van der Waals surface area (Å²) >= 11 is 16.6. The number of carbonyl (C=O) groups excluding carboxylic acids is 1. The van der Waals surface area contributed by atoms with Crippen molar-refractivity contribution in [1.29, 1.82) is 0 Å². The molecule has 1 amide bonds. The highest BCUT2D eigenvalue weighted by molar-refractivity contribution is 6.76. The maximum absolute atomic E-state index is 11.6. The van der Waals surface area contributed by atoms with Crippen LogP contribution in [-0.4, -0.2) is 40.3 Å². The van der Waals surface area contributed by atoms with Crippen LogP contribution in [0.3, 0.4) is 0 Å². The van der Waals surface area contributed by atoms with Crippen molar-refractivity contribution in [3.63, 3.8) is 0 Å². The molecule has 1 heterocycles. The lowest BCUT2D eigenvalue weighted by Crippen LogP contribution is -2.41. The lowest BCUT2D eigenvalue weighted by molar-refractivity contribution is -0.130. The van der Waals surface area contributed by atoms with Crippen LogP contribution >= 0.6 is 34.8 Å². The van der Waals surface area contributed by atoms with Crippen molar-refractivity contribution in [2.24, 2.45) is 0 Å².